The fraction of sp³-hybridized carbons (Fsp3) is 0.100. The normalized spacial score (nSPS) is 11.8. The SMILES string of the molecule is O=C(NC(Cc1ccc(O)c2ccccc12)C(=O)O)c1ccccc1. The van der Waals surface area contributed by atoms with Crippen molar-refractivity contribution in [1.82, 2.24) is 5.32 Å². The topological polar surface area (TPSA) is 86.6 Å². The average molecular weight is 335 g/mol. The van der Waals surface area contributed by atoms with Gasteiger partial charge in [0, 0.05) is 17.4 Å². The highest BCUT2D eigenvalue weighted by Crippen LogP contribution is 2.28. The number of fused-ring (bicyclic) bond motifs is 1. The van der Waals surface area contributed by atoms with E-state index >= 15 is 0 Å². The predicted octanol–water partition coefficient (Wildman–Crippen LogP) is 2.97. The molecule has 0 saturated heterocycles. The summed E-state index contributed by atoms with van der Waals surface area (Å²) in [4.78, 5) is 23.9. The molecule has 3 aromatic rings. The number of nitrogens with one attached hydrogen (secondary N) is 1. The van der Waals surface area contributed by atoms with Gasteiger partial charge < -0.3 is 15.5 Å². The molecule has 3 aromatic carbocycles. The zero-order valence-electron chi connectivity index (χ0n) is 13.3. The Labute approximate surface area is 144 Å². The molecule has 0 aliphatic rings. The van der Waals surface area contributed by atoms with Crippen molar-refractivity contribution in [3.8, 4) is 5.75 Å². The number of carboxylic acid groups (broad SMARTS) is 1. The molecule has 1 unspecified atom stereocenters. The number of hydrogen-bond acceptors (Lipinski definition) is 3. The Kier molecular flexibility index (Phi) is 4.66. The number of hydrogen-bond donors (Lipinski definition) is 3. The van der Waals surface area contributed by atoms with Crippen LogP contribution in [0, 0.1) is 0 Å². The molecular formula is C20H17NO4. The van der Waals surface area contributed by atoms with Gasteiger partial charge in [-0.15, -0.1) is 0 Å². The Hall–Kier alpha value is -3.34. The first-order valence-electron chi connectivity index (χ1n) is 7.84. The number of carbonyl (C=O) groups is 2. The molecule has 0 heterocycles. The van der Waals surface area contributed by atoms with Gasteiger partial charge in [-0.1, -0.05) is 48.5 Å². The van der Waals surface area contributed by atoms with Crippen LogP contribution in [0.25, 0.3) is 10.8 Å². The van der Waals surface area contributed by atoms with E-state index < -0.39 is 17.9 Å². The molecule has 5 heteroatoms. The quantitative estimate of drug-likeness (QED) is 0.669. The Balaban J connectivity index is 1.87. The van der Waals surface area contributed by atoms with Crippen LogP contribution in [0.1, 0.15) is 15.9 Å². The lowest BCUT2D eigenvalue weighted by Crippen LogP contribution is -2.42. The van der Waals surface area contributed by atoms with Gasteiger partial charge in [0.05, 0.1) is 0 Å². The lowest BCUT2D eigenvalue weighted by atomic mass is 9.98. The first-order chi connectivity index (χ1) is 12.1. The van der Waals surface area contributed by atoms with Gasteiger partial charge in [0.1, 0.15) is 11.8 Å². The molecule has 0 fully saturated rings. The summed E-state index contributed by atoms with van der Waals surface area (Å²) in [6.07, 6.45) is 0.120. The van der Waals surface area contributed by atoms with E-state index in [0.717, 1.165) is 10.9 Å². The van der Waals surface area contributed by atoms with Gasteiger partial charge in [0.2, 0.25) is 0 Å². The minimum absolute atomic E-state index is 0.120. The summed E-state index contributed by atoms with van der Waals surface area (Å²) in [6.45, 7) is 0. The molecule has 0 radical (unpaired) electrons. The molecule has 1 atom stereocenters. The van der Waals surface area contributed by atoms with E-state index in [1.807, 2.05) is 12.1 Å². The molecule has 0 spiro atoms. The van der Waals surface area contributed by atoms with Gasteiger partial charge in [-0.3, -0.25) is 4.79 Å². The number of aliphatic carboxylic acids is 1. The van der Waals surface area contributed by atoms with Crippen molar-refractivity contribution in [3.63, 3.8) is 0 Å². The number of phenols is 1. The van der Waals surface area contributed by atoms with E-state index in [4.69, 9.17) is 0 Å². The van der Waals surface area contributed by atoms with Gasteiger partial charge in [-0.25, -0.2) is 4.79 Å². The van der Waals surface area contributed by atoms with Crippen LogP contribution in [-0.2, 0) is 11.2 Å². The Morgan fingerprint density at radius 2 is 1.52 bits per heavy atom. The van der Waals surface area contributed by atoms with E-state index in [2.05, 4.69) is 5.32 Å². The molecule has 5 nitrogen and oxygen atoms in total. The minimum atomic E-state index is -1.11. The van der Waals surface area contributed by atoms with Gasteiger partial charge in [-0.05, 0) is 29.1 Å². The second-order valence-corrected chi connectivity index (χ2v) is 5.72. The number of carbonyl (C=O) groups excluding carboxylic acids is 1. The third-order valence-corrected chi connectivity index (χ3v) is 4.05. The monoisotopic (exact) mass is 335 g/mol. The van der Waals surface area contributed by atoms with Crippen molar-refractivity contribution in [2.75, 3.05) is 0 Å². The molecule has 0 saturated carbocycles. The lowest BCUT2D eigenvalue weighted by Gasteiger charge is -2.16. The van der Waals surface area contributed by atoms with E-state index in [9.17, 15) is 19.8 Å². The smallest absolute Gasteiger partial charge is 0.326 e. The first kappa shape index (κ1) is 16.5. The lowest BCUT2D eigenvalue weighted by molar-refractivity contribution is -0.139. The van der Waals surface area contributed by atoms with Crippen LogP contribution in [0.5, 0.6) is 5.75 Å². The second-order valence-electron chi connectivity index (χ2n) is 5.72. The van der Waals surface area contributed by atoms with Crippen LogP contribution >= 0.6 is 0 Å². The number of rotatable bonds is 5. The van der Waals surface area contributed by atoms with Gasteiger partial charge in [0.25, 0.3) is 5.91 Å². The molecular weight excluding hydrogens is 318 g/mol. The maximum absolute atomic E-state index is 12.3. The summed E-state index contributed by atoms with van der Waals surface area (Å²) in [7, 11) is 0. The van der Waals surface area contributed by atoms with Crippen molar-refractivity contribution in [1.29, 1.82) is 0 Å². The summed E-state index contributed by atoms with van der Waals surface area (Å²) < 4.78 is 0. The van der Waals surface area contributed by atoms with Crippen molar-refractivity contribution in [3.05, 3.63) is 77.9 Å². The molecule has 0 aliphatic carbocycles. The Bertz CT molecular complexity index is 921. The zero-order chi connectivity index (χ0) is 17.8. The summed E-state index contributed by atoms with van der Waals surface area (Å²) >= 11 is 0. The third-order valence-electron chi connectivity index (χ3n) is 4.05. The molecule has 126 valence electrons. The fourth-order valence-corrected chi connectivity index (χ4v) is 2.77. The highest BCUT2D eigenvalue weighted by Gasteiger charge is 2.22. The molecule has 25 heavy (non-hydrogen) atoms. The Morgan fingerprint density at radius 1 is 0.880 bits per heavy atom. The molecule has 1 amide bonds. The van der Waals surface area contributed by atoms with Gasteiger partial charge in [0.15, 0.2) is 0 Å². The van der Waals surface area contributed by atoms with Crippen molar-refractivity contribution >= 4 is 22.6 Å². The van der Waals surface area contributed by atoms with E-state index in [-0.39, 0.29) is 12.2 Å². The van der Waals surface area contributed by atoms with Crippen molar-refractivity contribution < 1.29 is 19.8 Å². The molecule has 0 aromatic heterocycles. The van der Waals surface area contributed by atoms with Crippen LogP contribution in [0.2, 0.25) is 0 Å². The Morgan fingerprint density at radius 3 is 2.20 bits per heavy atom. The van der Waals surface area contributed by atoms with Gasteiger partial charge >= 0.3 is 5.97 Å². The van der Waals surface area contributed by atoms with Crippen molar-refractivity contribution in [2.24, 2.45) is 0 Å². The van der Waals surface area contributed by atoms with E-state index in [1.165, 1.54) is 6.07 Å². The predicted molar refractivity (Wildman–Crippen MR) is 94.6 cm³/mol. The van der Waals surface area contributed by atoms with E-state index in [0.29, 0.717) is 10.9 Å². The maximum Gasteiger partial charge on any atom is 0.326 e. The van der Waals surface area contributed by atoms with Crippen LogP contribution in [-0.4, -0.2) is 28.1 Å². The van der Waals surface area contributed by atoms with Crippen molar-refractivity contribution in [2.45, 2.75) is 12.5 Å². The largest absolute Gasteiger partial charge is 0.507 e. The summed E-state index contributed by atoms with van der Waals surface area (Å²) in [5, 5.41) is 23.4. The van der Waals surface area contributed by atoms with Crippen LogP contribution in [0.4, 0.5) is 0 Å². The molecule has 0 bridgehead atoms. The number of carboxylic acids is 1. The number of aromatic hydroxyl groups is 1. The van der Waals surface area contributed by atoms with Crippen LogP contribution < -0.4 is 5.32 Å². The molecule has 0 aliphatic heterocycles. The average Bonchev–Trinajstić information content (AvgIpc) is 2.64. The third kappa shape index (κ3) is 3.61. The minimum Gasteiger partial charge on any atom is -0.507 e. The van der Waals surface area contributed by atoms with Crippen LogP contribution in [0.15, 0.2) is 66.7 Å². The maximum atomic E-state index is 12.3. The number of amides is 1. The second kappa shape index (κ2) is 7.05. The standard InChI is InChI=1S/C20H17NO4/c22-18-11-10-14(15-8-4-5-9-16(15)18)12-17(20(24)25)21-19(23)13-6-2-1-3-7-13/h1-11,17,22H,12H2,(H,21,23)(H,24,25). The highest BCUT2D eigenvalue weighted by molar-refractivity contribution is 5.97. The number of phenolic OH excluding ortho intramolecular Hbond substituents is 1. The number of benzene rings is 3. The molecule has 3 N–H and O–H groups in total. The fourth-order valence-electron chi connectivity index (χ4n) is 2.77. The highest BCUT2D eigenvalue weighted by atomic mass is 16.4. The summed E-state index contributed by atoms with van der Waals surface area (Å²) in [6, 6.07) is 17.9. The first-order valence-corrected chi connectivity index (χ1v) is 7.84. The summed E-state index contributed by atoms with van der Waals surface area (Å²) in [5.74, 6) is -1.41. The zero-order valence-corrected chi connectivity index (χ0v) is 13.3. The van der Waals surface area contributed by atoms with E-state index in [1.54, 1.807) is 48.5 Å². The van der Waals surface area contributed by atoms with Gasteiger partial charge in [-0.2, -0.15) is 0 Å². The molecule has 3 rings (SSSR count). The van der Waals surface area contributed by atoms with Crippen LogP contribution in [0.3, 0.4) is 0 Å². The summed E-state index contributed by atoms with van der Waals surface area (Å²) in [5.41, 5.74) is 1.15.